The number of nitrogens with zero attached hydrogens (tertiary/aromatic N) is 1. The maximum absolute atomic E-state index is 12.2. The first-order valence-corrected chi connectivity index (χ1v) is 8.26. The minimum atomic E-state index is 0. The molecule has 0 aromatic heterocycles. The van der Waals surface area contributed by atoms with Crippen molar-refractivity contribution in [2.45, 2.75) is 45.6 Å². The van der Waals surface area contributed by atoms with Crippen molar-refractivity contribution in [1.82, 2.24) is 15.5 Å². The Labute approximate surface area is 135 Å². The average molecular weight is 318 g/mol. The molecule has 1 heterocycles. The van der Waals surface area contributed by atoms with E-state index in [1.807, 2.05) is 7.05 Å². The van der Waals surface area contributed by atoms with Crippen LogP contribution < -0.4 is 10.6 Å². The number of carbonyl (C=O) groups excluding carboxylic acids is 1. The number of likely N-dealkylation sites (tertiary alicyclic amines) is 1. The second-order valence-electron chi connectivity index (χ2n) is 6.89. The molecular weight excluding hydrogens is 286 g/mol. The first kappa shape index (κ1) is 18.7. The Bertz CT molecular complexity index is 327. The maximum Gasteiger partial charge on any atom is 0.234 e. The molecule has 0 aromatic carbocycles. The van der Waals surface area contributed by atoms with Crippen LogP contribution in [0, 0.1) is 17.8 Å². The molecule has 4 nitrogen and oxygen atoms in total. The van der Waals surface area contributed by atoms with Crippen molar-refractivity contribution < 1.29 is 4.79 Å². The van der Waals surface area contributed by atoms with E-state index in [0.29, 0.717) is 24.4 Å². The summed E-state index contributed by atoms with van der Waals surface area (Å²) >= 11 is 0. The minimum Gasteiger partial charge on any atom is -0.352 e. The van der Waals surface area contributed by atoms with E-state index in [-0.39, 0.29) is 18.3 Å². The molecule has 4 atom stereocenters. The van der Waals surface area contributed by atoms with Crippen LogP contribution in [0.25, 0.3) is 0 Å². The van der Waals surface area contributed by atoms with E-state index in [2.05, 4.69) is 29.4 Å². The molecule has 5 heteroatoms. The van der Waals surface area contributed by atoms with Gasteiger partial charge < -0.3 is 10.6 Å². The van der Waals surface area contributed by atoms with Crippen LogP contribution >= 0.6 is 12.4 Å². The number of nitrogens with one attached hydrogen (secondary N) is 2. The summed E-state index contributed by atoms with van der Waals surface area (Å²) in [5.41, 5.74) is 0. The molecular formula is C16H32ClN3O. The van der Waals surface area contributed by atoms with Gasteiger partial charge in [0.05, 0.1) is 6.54 Å². The molecule has 0 aromatic rings. The van der Waals surface area contributed by atoms with Gasteiger partial charge in [-0.15, -0.1) is 12.4 Å². The predicted molar refractivity (Wildman–Crippen MR) is 89.8 cm³/mol. The molecule has 0 spiro atoms. The smallest absolute Gasteiger partial charge is 0.234 e. The average Bonchev–Trinajstić information content (AvgIpc) is 2.83. The lowest BCUT2D eigenvalue weighted by Gasteiger charge is -2.35. The van der Waals surface area contributed by atoms with E-state index < -0.39 is 0 Å². The van der Waals surface area contributed by atoms with E-state index >= 15 is 0 Å². The van der Waals surface area contributed by atoms with Gasteiger partial charge in [-0.1, -0.05) is 26.7 Å². The highest BCUT2D eigenvalue weighted by Gasteiger charge is 2.29. The molecule has 1 aliphatic carbocycles. The van der Waals surface area contributed by atoms with Crippen LogP contribution in [0.1, 0.15) is 39.5 Å². The Morgan fingerprint density at radius 2 is 2.00 bits per heavy atom. The largest absolute Gasteiger partial charge is 0.352 e. The van der Waals surface area contributed by atoms with Crippen LogP contribution in [0.4, 0.5) is 0 Å². The quantitative estimate of drug-likeness (QED) is 0.814. The van der Waals surface area contributed by atoms with Crippen LogP contribution in [-0.4, -0.2) is 50.1 Å². The van der Waals surface area contributed by atoms with E-state index in [1.54, 1.807) is 0 Å². The van der Waals surface area contributed by atoms with Crippen molar-refractivity contribution in [2.24, 2.45) is 17.8 Å². The second-order valence-corrected chi connectivity index (χ2v) is 6.89. The van der Waals surface area contributed by atoms with Gasteiger partial charge >= 0.3 is 0 Å². The summed E-state index contributed by atoms with van der Waals surface area (Å²) < 4.78 is 0. The molecule has 124 valence electrons. The van der Waals surface area contributed by atoms with Crippen LogP contribution in [0.15, 0.2) is 0 Å². The highest BCUT2D eigenvalue weighted by molar-refractivity contribution is 5.85. The molecule has 21 heavy (non-hydrogen) atoms. The lowest BCUT2D eigenvalue weighted by Crippen LogP contribution is -2.47. The van der Waals surface area contributed by atoms with Gasteiger partial charge in [-0.3, -0.25) is 9.69 Å². The number of halogens is 1. The van der Waals surface area contributed by atoms with Gasteiger partial charge in [0, 0.05) is 12.6 Å². The number of carbonyl (C=O) groups is 1. The molecule has 1 saturated heterocycles. The van der Waals surface area contributed by atoms with Gasteiger partial charge in [0.25, 0.3) is 0 Å². The Balaban J connectivity index is 0.00000220. The zero-order valence-electron chi connectivity index (χ0n) is 13.7. The monoisotopic (exact) mass is 317 g/mol. The number of rotatable bonds is 5. The molecule has 4 unspecified atom stereocenters. The number of amides is 1. The summed E-state index contributed by atoms with van der Waals surface area (Å²) in [6.07, 6.45) is 4.93. The SMILES string of the molecule is CNCC1CCN(CC(=O)NC2CCCC(C)C2C)C1.Cl. The molecule has 2 N–H and O–H groups in total. The minimum absolute atomic E-state index is 0. The van der Waals surface area contributed by atoms with Gasteiger partial charge in [-0.25, -0.2) is 0 Å². The fourth-order valence-corrected chi connectivity index (χ4v) is 3.75. The molecule has 1 amide bonds. The molecule has 2 aliphatic rings. The normalized spacial score (nSPS) is 33.5. The fourth-order valence-electron chi connectivity index (χ4n) is 3.75. The van der Waals surface area contributed by atoms with Crippen molar-refractivity contribution in [3.05, 3.63) is 0 Å². The lowest BCUT2D eigenvalue weighted by atomic mass is 9.78. The molecule has 2 rings (SSSR count). The summed E-state index contributed by atoms with van der Waals surface area (Å²) in [5, 5.41) is 6.51. The second kappa shape index (κ2) is 8.96. The third-order valence-corrected chi connectivity index (χ3v) is 5.28. The third kappa shape index (κ3) is 5.42. The molecule has 0 bridgehead atoms. The Morgan fingerprint density at radius 1 is 1.24 bits per heavy atom. The van der Waals surface area contributed by atoms with Crippen LogP contribution in [-0.2, 0) is 4.79 Å². The van der Waals surface area contributed by atoms with Crippen molar-refractivity contribution in [2.75, 3.05) is 33.2 Å². The zero-order chi connectivity index (χ0) is 14.5. The summed E-state index contributed by atoms with van der Waals surface area (Å²) in [5.74, 6) is 2.28. The van der Waals surface area contributed by atoms with Crippen molar-refractivity contribution in [3.63, 3.8) is 0 Å². The highest BCUT2D eigenvalue weighted by Crippen LogP contribution is 2.29. The van der Waals surface area contributed by atoms with Gasteiger partial charge in [0.15, 0.2) is 0 Å². The number of hydrogen-bond acceptors (Lipinski definition) is 3. The maximum atomic E-state index is 12.2. The highest BCUT2D eigenvalue weighted by atomic mass is 35.5. The van der Waals surface area contributed by atoms with E-state index in [0.717, 1.165) is 32.0 Å². The Morgan fingerprint density at radius 3 is 2.71 bits per heavy atom. The first-order valence-electron chi connectivity index (χ1n) is 8.26. The van der Waals surface area contributed by atoms with Gasteiger partial charge in [-0.05, 0) is 50.7 Å². The lowest BCUT2D eigenvalue weighted by molar-refractivity contribution is -0.123. The molecule has 1 aliphatic heterocycles. The summed E-state index contributed by atoms with van der Waals surface area (Å²) in [7, 11) is 2.00. The van der Waals surface area contributed by atoms with E-state index in [1.165, 1.54) is 19.3 Å². The molecule has 0 radical (unpaired) electrons. The molecule has 1 saturated carbocycles. The van der Waals surface area contributed by atoms with Gasteiger partial charge in [0.2, 0.25) is 5.91 Å². The van der Waals surface area contributed by atoms with E-state index in [9.17, 15) is 4.79 Å². The van der Waals surface area contributed by atoms with Gasteiger partial charge in [-0.2, -0.15) is 0 Å². The summed E-state index contributed by atoms with van der Waals surface area (Å²) in [6, 6.07) is 0.391. The zero-order valence-corrected chi connectivity index (χ0v) is 14.5. The van der Waals surface area contributed by atoms with Crippen molar-refractivity contribution >= 4 is 18.3 Å². The Hall–Kier alpha value is -0.320. The van der Waals surface area contributed by atoms with Crippen LogP contribution in [0.2, 0.25) is 0 Å². The predicted octanol–water partition coefficient (Wildman–Crippen LogP) is 1.89. The van der Waals surface area contributed by atoms with Crippen LogP contribution in [0.5, 0.6) is 0 Å². The van der Waals surface area contributed by atoms with Gasteiger partial charge in [0.1, 0.15) is 0 Å². The Kier molecular flexibility index (Phi) is 7.99. The fraction of sp³-hybridized carbons (Fsp3) is 0.938. The standard InChI is InChI=1S/C16H31N3O.ClH/c1-12-5-4-6-15(13(12)2)18-16(20)11-19-8-7-14(10-19)9-17-3;/h12-15,17H,4-11H2,1-3H3,(H,18,20);1H. The number of hydrogen-bond donors (Lipinski definition) is 2. The first-order chi connectivity index (χ1) is 9.60. The van der Waals surface area contributed by atoms with E-state index in [4.69, 9.17) is 0 Å². The topological polar surface area (TPSA) is 44.4 Å². The summed E-state index contributed by atoms with van der Waals surface area (Å²) in [4.78, 5) is 14.5. The third-order valence-electron chi connectivity index (χ3n) is 5.28. The molecule has 2 fully saturated rings. The van der Waals surface area contributed by atoms with Crippen molar-refractivity contribution in [3.8, 4) is 0 Å². The van der Waals surface area contributed by atoms with Crippen molar-refractivity contribution in [1.29, 1.82) is 0 Å². The van der Waals surface area contributed by atoms with Crippen LogP contribution in [0.3, 0.4) is 0 Å². The summed E-state index contributed by atoms with van der Waals surface area (Å²) in [6.45, 7) is 8.37.